The fourth-order valence-electron chi connectivity index (χ4n) is 7.58. The van der Waals surface area contributed by atoms with Crippen LogP contribution in [0.4, 0.5) is 0 Å². The molecule has 7 N–H and O–H groups in total. The minimum atomic E-state index is -1.79. The number of carbonyl (C=O) groups is 2. The van der Waals surface area contributed by atoms with E-state index in [0.29, 0.717) is 19.3 Å². The maximum atomic E-state index is 13.0. The van der Waals surface area contributed by atoms with Crippen LogP contribution in [-0.2, 0) is 38.0 Å². The maximum absolute atomic E-state index is 13.0. The van der Waals surface area contributed by atoms with Crippen LogP contribution in [-0.4, -0.2) is 142 Å². The zero-order valence-corrected chi connectivity index (χ0v) is 44.3. The van der Waals surface area contributed by atoms with Gasteiger partial charge < -0.3 is 64.2 Å². The highest BCUT2D eigenvalue weighted by Gasteiger charge is 2.47. The topological polar surface area (TPSA) is 231 Å². The summed E-state index contributed by atoms with van der Waals surface area (Å²) in [5.41, 5.74) is 0. The average molecular weight is 1040 g/mol. The van der Waals surface area contributed by atoms with E-state index in [-0.39, 0.29) is 19.4 Å². The Hall–Kier alpha value is -4.10. The van der Waals surface area contributed by atoms with Crippen molar-refractivity contribution in [3.8, 4) is 0 Å². The minimum Gasteiger partial charge on any atom is -0.462 e. The Morgan fingerprint density at radius 2 is 0.838 bits per heavy atom. The summed E-state index contributed by atoms with van der Waals surface area (Å²) in [4.78, 5) is 25.8. The number of unbranched alkanes of at least 4 members (excludes halogenated alkanes) is 6. The predicted octanol–water partition coefficient (Wildman–Crippen LogP) is 8.49. The van der Waals surface area contributed by atoms with Crippen LogP contribution in [0.15, 0.2) is 122 Å². The summed E-state index contributed by atoms with van der Waals surface area (Å²) in [7, 11) is 0. The number of aliphatic hydroxyl groups is 7. The molecule has 74 heavy (non-hydrogen) atoms. The second-order valence-corrected chi connectivity index (χ2v) is 18.3. The van der Waals surface area contributed by atoms with Crippen LogP contribution in [0, 0.1) is 0 Å². The highest BCUT2D eigenvalue weighted by atomic mass is 16.7. The minimum absolute atomic E-state index is 0.0287. The summed E-state index contributed by atoms with van der Waals surface area (Å²) >= 11 is 0. The molecule has 2 rings (SSSR count). The number of hydrogen-bond acceptors (Lipinski definition) is 15. The largest absolute Gasteiger partial charge is 0.462 e. The number of esters is 2. The Kier molecular flexibility index (Phi) is 39.3. The van der Waals surface area contributed by atoms with Crippen molar-refractivity contribution < 1.29 is 73.8 Å². The molecule has 0 saturated carbocycles. The van der Waals surface area contributed by atoms with Crippen molar-refractivity contribution in [2.75, 3.05) is 26.4 Å². The maximum Gasteiger partial charge on any atom is 0.306 e. The van der Waals surface area contributed by atoms with Crippen molar-refractivity contribution >= 4 is 11.9 Å². The fraction of sp³-hybridized carbons (Fsp3) is 0.627. The van der Waals surface area contributed by atoms with Crippen LogP contribution in [0.25, 0.3) is 0 Å². The van der Waals surface area contributed by atoms with Crippen LogP contribution in [0.2, 0.25) is 0 Å². The molecule has 15 nitrogen and oxygen atoms in total. The molecule has 11 atom stereocenters. The molecule has 0 spiro atoms. The smallest absolute Gasteiger partial charge is 0.306 e. The van der Waals surface area contributed by atoms with E-state index >= 15 is 0 Å². The van der Waals surface area contributed by atoms with Crippen molar-refractivity contribution in [2.45, 2.75) is 210 Å². The molecule has 0 aromatic heterocycles. The van der Waals surface area contributed by atoms with Gasteiger partial charge in [-0.15, -0.1) is 0 Å². The van der Waals surface area contributed by atoms with Gasteiger partial charge in [-0.25, -0.2) is 0 Å². The molecule has 15 heteroatoms. The summed E-state index contributed by atoms with van der Waals surface area (Å²) in [5, 5.41) is 72.2. The molecule has 2 aliphatic rings. The van der Waals surface area contributed by atoms with Gasteiger partial charge in [0.1, 0.15) is 55.4 Å². The fourth-order valence-corrected chi connectivity index (χ4v) is 7.58. The summed E-state index contributed by atoms with van der Waals surface area (Å²) in [6, 6.07) is 0. The lowest BCUT2D eigenvalue weighted by Crippen LogP contribution is -2.61. The standard InChI is InChI=1S/C59H92O15/c1-3-5-7-9-11-13-15-17-19-21-23-25-27-29-31-33-35-37-39-41-50(61)69-44-47(72-51(62)42-40-38-36-34-32-30-28-26-24-22-20-18-16-14-12-10-8-6-4-2)45-70-58-57(68)55(66)53(64)49(74-58)46-71-59-56(67)54(65)52(63)48(43-60)73-59/h5-8,11-14,17-20,23-26,30,32,36,38,47-49,52-60,63-68H,3-4,9-10,15-16,21-22,27-29,31,33-35,37,39-46H2,1-2H3/b7-5-,8-6-,13-11-,14-12-,19-17-,20-18-,25-23-,26-24-,32-30-,38-36-. The average Bonchev–Trinajstić information content (AvgIpc) is 3.39. The first-order chi connectivity index (χ1) is 36.0. The first kappa shape index (κ1) is 66.0. The molecule has 0 bridgehead atoms. The molecule has 2 fully saturated rings. The molecule has 11 unspecified atom stereocenters. The van der Waals surface area contributed by atoms with E-state index in [9.17, 15) is 45.3 Å². The summed E-state index contributed by atoms with van der Waals surface area (Å²) < 4.78 is 33.5. The molecule has 418 valence electrons. The molecule has 0 amide bonds. The molecule has 0 aromatic rings. The van der Waals surface area contributed by atoms with Gasteiger partial charge in [0, 0.05) is 12.8 Å². The van der Waals surface area contributed by atoms with Crippen molar-refractivity contribution in [3.05, 3.63) is 122 Å². The quantitative estimate of drug-likeness (QED) is 0.0173. The Bertz CT molecular complexity index is 1750. The molecule has 2 aliphatic heterocycles. The van der Waals surface area contributed by atoms with Gasteiger partial charge >= 0.3 is 11.9 Å². The zero-order chi connectivity index (χ0) is 53.9. The van der Waals surface area contributed by atoms with Gasteiger partial charge in [0.15, 0.2) is 18.7 Å². The first-order valence-corrected chi connectivity index (χ1v) is 27.1. The van der Waals surface area contributed by atoms with Gasteiger partial charge in [0.25, 0.3) is 0 Å². The third-order valence-corrected chi connectivity index (χ3v) is 11.9. The van der Waals surface area contributed by atoms with E-state index in [0.717, 1.165) is 96.3 Å². The van der Waals surface area contributed by atoms with Crippen LogP contribution >= 0.6 is 0 Å². The van der Waals surface area contributed by atoms with Crippen molar-refractivity contribution in [1.29, 1.82) is 0 Å². The summed E-state index contributed by atoms with van der Waals surface area (Å²) in [6.45, 7) is 2.25. The van der Waals surface area contributed by atoms with E-state index in [1.54, 1.807) is 0 Å². The zero-order valence-electron chi connectivity index (χ0n) is 44.3. The van der Waals surface area contributed by atoms with Crippen molar-refractivity contribution in [2.24, 2.45) is 0 Å². The Morgan fingerprint density at radius 3 is 1.32 bits per heavy atom. The normalized spacial score (nSPS) is 25.6. The molecule has 2 heterocycles. The van der Waals surface area contributed by atoms with Gasteiger partial charge in [-0.1, -0.05) is 161 Å². The predicted molar refractivity (Wildman–Crippen MR) is 288 cm³/mol. The Labute approximate surface area is 442 Å². The van der Waals surface area contributed by atoms with Crippen LogP contribution < -0.4 is 0 Å². The van der Waals surface area contributed by atoms with E-state index < -0.39 is 99.3 Å². The van der Waals surface area contributed by atoms with Crippen molar-refractivity contribution in [1.82, 2.24) is 0 Å². The second kappa shape index (κ2) is 44.1. The number of hydrogen-bond donors (Lipinski definition) is 7. The molecular weight excluding hydrogens is 949 g/mol. The number of aliphatic hydroxyl groups excluding tert-OH is 7. The van der Waals surface area contributed by atoms with E-state index in [1.165, 1.54) is 0 Å². The number of allylic oxidation sites excluding steroid dienone is 20. The lowest BCUT2D eigenvalue weighted by atomic mass is 9.98. The van der Waals surface area contributed by atoms with Gasteiger partial charge in [0.05, 0.1) is 19.8 Å². The highest BCUT2D eigenvalue weighted by Crippen LogP contribution is 2.26. The van der Waals surface area contributed by atoms with Gasteiger partial charge in [-0.3, -0.25) is 9.59 Å². The third kappa shape index (κ3) is 31.1. The molecule has 0 radical (unpaired) electrons. The molecule has 0 aromatic carbocycles. The lowest BCUT2D eigenvalue weighted by molar-refractivity contribution is -0.332. The van der Waals surface area contributed by atoms with E-state index in [4.69, 9.17) is 28.4 Å². The molecule has 2 saturated heterocycles. The summed E-state index contributed by atoms with van der Waals surface area (Å²) in [6.07, 6.45) is 42.3. The van der Waals surface area contributed by atoms with Crippen LogP contribution in [0.3, 0.4) is 0 Å². The Balaban J connectivity index is 1.83. The highest BCUT2D eigenvalue weighted by molar-refractivity contribution is 5.70. The van der Waals surface area contributed by atoms with Crippen LogP contribution in [0.1, 0.15) is 142 Å². The third-order valence-electron chi connectivity index (χ3n) is 11.9. The Morgan fingerprint density at radius 1 is 0.432 bits per heavy atom. The van der Waals surface area contributed by atoms with Gasteiger partial charge in [-0.05, 0) is 89.9 Å². The van der Waals surface area contributed by atoms with Crippen LogP contribution in [0.5, 0.6) is 0 Å². The summed E-state index contributed by atoms with van der Waals surface area (Å²) in [5.74, 6) is -1.05. The van der Waals surface area contributed by atoms with E-state index in [1.807, 2.05) is 18.2 Å². The number of ether oxygens (including phenoxy) is 6. The monoisotopic (exact) mass is 1040 g/mol. The number of carbonyl (C=O) groups excluding carboxylic acids is 2. The number of rotatable bonds is 40. The van der Waals surface area contributed by atoms with Crippen molar-refractivity contribution in [3.63, 3.8) is 0 Å². The van der Waals surface area contributed by atoms with Gasteiger partial charge in [0.2, 0.25) is 0 Å². The first-order valence-electron chi connectivity index (χ1n) is 27.1. The second-order valence-electron chi connectivity index (χ2n) is 18.3. The molecule has 0 aliphatic carbocycles. The lowest BCUT2D eigenvalue weighted by Gasteiger charge is -2.42. The van der Waals surface area contributed by atoms with Gasteiger partial charge in [-0.2, -0.15) is 0 Å². The van der Waals surface area contributed by atoms with E-state index in [2.05, 4.69) is 117 Å². The SMILES string of the molecule is CC/C=C\C/C=C\C/C=C\C/C=C\C/C=C\C/C=C\CCC(=O)OC(COC(=O)CCCCCCCC/C=C\C/C=C\C/C=C\C/C=C\CC)COC1OC(COC2OC(CO)C(O)C(O)C2O)C(O)C(O)C1O. The molecular formula is C59H92O15.